The van der Waals surface area contributed by atoms with Crippen LogP contribution in [0.25, 0.3) is 0 Å². The fourth-order valence-electron chi connectivity index (χ4n) is 3.40. The molecule has 1 aromatic heterocycles. The standard InChI is InChI=1S/C20H27ClN6O2/c1-14-20(15(2)25(3)24-14)23-19(29)13-27-10-8-26(9-11-27)12-18(28)22-17-7-5-4-6-16(17)21/h4-7H,8-13H2,1-3H3,(H,22,28)(H,23,29). The molecule has 2 heterocycles. The molecule has 0 saturated carbocycles. The highest BCUT2D eigenvalue weighted by Crippen LogP contribution is 2.20. The molecule has 0 bridgehead atoms. The van der Waals surface area contributed by atoms with E-state index in [1.54, 1.807) is 16.8 Å². The maximum Gasteiger partial charge on any atom is 0.238 e. The molecular formula is C20H27ClN6O2. The zero-order valence-electron chi connectivity index (χ0n) is 17.0. The van der Waals surface area contributed by atoms with Gasteiger partial charge in [0.1, 0.15) is 0 Å². The third-order valence-electron chi connectivity index (χ3n) is 5.12. The fourth-order valence-corrected chi connectivity index (χ4v) is 3.58. The molecule has 2 aromatic rings. The van der Waals surface area contributed by atoms with Crippen LogP contribution >= 0.6 is 11.6 Å². The van der Waals surface area contributed by atoms with E-state index in [9.17, 15) is 9.59 Å². The molecule has 3 rings (SSSR count). The minimum absolute atomic E-state index is 0.0471. The summed E-state index contributed by atoms with van der Waals surface area (Å²) in [4.78, 5) is 28.8. The van der Waals surface area contributed by atoms with Crippen LogP contribution in [-0.2, 0) is 16.6 Å². The Morgan fingerprint density at radius 3 is 2.07 bits per heavy atom. The maximum absolute atomic E-state index is 12.4. The lowest BCUT2D eigenvalue weighted by Gasteiger charge is -2.33. The number of aromatic nitrogens is 2. The van der Waals surface area contributed by atoms with E-state index in [1.807, 2.05) is 33.0 Å². The largest absolute Gasteiger partial charge is 0.324 e. The second kappa shape index (κ2) is 9.39. The van der Waals surface area contributed by atoms with E-state index in [1.165, 1.54) is 0 Å². The molecule has 2 amide bonds. The van der Waals surface area contributed by atoms with Crippen molar-refractivity contribution in [1.29, 1.82) is 0 Å². The van der Waals surface area contributed by atoms with Crippen LogP contribution in [0.1, 0.15) is 11.4 Å². The number of anilines is 2. The highest BCUT2D eigenvalue weighted by molar-refractivity contribution is 6.33. The summed E-state index contributed by atoms with van der Waals surface area (Å²) in [7, 11) is 1.86. The lowest BCUT2D eigenvalue weighted by molar-refractivity contribution is -0.120. The van der Waals surface area contributed by atoms with Crippen LogP contribution < -0.4 is 10.6 Å². The number of aryl methyl sites for hydroxylation is 2. The first kappa shape index (κ1) is 21.3. The van der Waals surface area contributed by atoms with Crippen LogP contribution in [0.3, 0.4) is 0 Å². The molecule has 1 saturated heterocycles. The van der Waals surface area contributed by atoms with Gasteiger partial charge in [-0.1, -0.05) is 23.7 Å². The number of hydrogen-bond acceptors (Lipinski definition) is 5. The predicted molar refractivity (Wildman–Crippen MR) is 114 cm³/mol. The number of nitrogens with zero attached hydrogens (tertiary/aromatic N) is 4. The summed E-state index contributed by atoms with van der Waals surface area (Å²) in [6, 6.07) is 7.18. The second-order valence-electron chi connectivity index (χ2n) is 7.30. The number of hydrogen-bond donors (Lipinski definition) is 2. The summed E-state index contributed by atoms with van der Waals surface area (Å²) >= 11 is 6.08. The smallest absolute Gasteiger partial charge is 0.238 e. The normalized spacial score (nSPS) is 15.3. The Labute approximate surface area is 175 Å². The highest BCUT2D eigenvalue weighted by atomic mass is 35.5. The SMILES string of the molecule is Cc1nn(C)c(C)c1NC(=O)CN1CCN(CC(=O)Nc2ccccc2Cl)CC1. The summed E-state index contributed by atoms with van der Waals surface area (Å²) in [5.74, 6) is -0.138. The van der Waals surface area contributed by atoms with Gasteiger partial charge in [-0.25, -0.2) is 0 Å². The third-order valence-corrected chi connectivity index (χ3v) is 5.45. The van der Waals surface area contributed by atoms with Crippen LogP contribution in [0.15, 0.2) is 24.3 Å². The molecule has 1 aromatic carbocycles. The van der Waals surface area contributed by atoms with Gasteiger partial charge in [0, 0.05) is 33.2 Å². The first-order chi connectivity index (χ1) is 13.8. The Bertz CT molecular complexity index is 889. The molecule has 0 radical (unpaired) electrons. The topological polar surface area (TPSA) is 82.5 Å². The summed E-state index contributed by atoms with van der Waals surface area (Å²) in [6.45, 7) is 7.38. The van der Waals surface area contributed by atoms with Crippen LogP contribution in [0, 0.1) is 13.8 Å². The maximum atomic E-state index is 12.4. The number of nitrogens with one attached hydrogen (secondary N) is 2. The van der Waals surface area contributed by atoms with Gasteiger partial charge in [0.2, 0.25) is 11.8 Å². The van der Waals surface area contributed by atoms with Gasteiger partial charge >= 0.3 is 0 Å². The molecule has 0 unspecified atom stereocenters. The summed E-state index contributed by atoms with van der Waals surface area (Å²) in [5.41, 5.74) is 3.15. The van der Waals surface area contributed by atoms with Gasteiger partial charge < -0.3 is 10.6 Å². The average Bonchev–Trinajstić information content (AvgIpc) is 2.91. The van der Waals surface area contributed by atoms with E-state index in [4.69, 9.17) is 11.6 Å². The van der Waals surface area contributed by atoms with E-state index in [-0.39, 0.29) is 11.8 Å². The van der Waals surface area contributed by atoms with Crippen LogP contribution in [-0.4, -0.2) is 70.7 Å². The van der Waals surface area contributed by atoms with Crippen molar-refractivity contribution in [2.75, 3.05) is 49.9 Å². The van der Waals surface area contributed by atoms with Gasteiger partial charge in [-0.3, -0.25) is 24.1 Å². The molecular weight excluding hydrogens is 392 g/mol. The second-order valence-corrected chi connectivity index (χ2v) is 7.71. The molecule has 0 spiro atoms. The van der Waals surface area contributed by atoms with Gasteiger partial charge in [-0.15, -0.1) is 0 Å². The molecule has 1 aliphatic rings. The van der Waals surface area contributed by atoms with Crippen molar-refractivity contribution in [3.05, 3.63) is 40.7 Å². The number of carbonyl (C=O) groups excluding carboxylic acids is 2. The number of carbonyl (C=O) groups is 2. The minimum atomic E-state index is -0.0909. The van der Waals surface area contributed by atoms with Gasteiger partial charge in [0.05, 0.1) is 40.9 Å². The van der Waals surface area contributed by atoms with Crippen LogP contribution in [0.2, 0.25) is 5.02 Å². The van der Waals surface area contributed by atoms with Crippen LogP contribution in [0.4, 0.5) is 11.4 Å². The fraction of sp³-hybridized carbons (Fsp3) is 0.450. The summed E-state index contributed by atoms with van der Waals surface area (Å²) in [6.07, 6.45) is 0. The van der Waals surface area contributed by atoms with E-state index in [0.29, 0.717) is 23.8 Å². The number of amides is 2. The molecule has 0 atom stereocenters. The molecule has 8 nitrogen and oxygen atoms in total. The molecule has 29 heavy (non-hydrogen) atoms. The van der Waals surface area contributed by atoms with Crippen molar-refractivity contribution in [2.45, 2.75) is 13.8 Å². The Hall–Kier alpha value is -2.42. The Balaban J connectivity index is 1.42. The molecule has 2 N–H and O–H groups in total. The third kappa shape index (κ3) is 5.56. The quantitative estimate of drug-likeness (QED) is 0.748. The highest BCUT2D eigenvalue weighted by Gasteiger charge is 2.22. The zero-order valence-corrected chi connectivity index (χ0v) is 17.8. The Morgan fingerprint density at radius 1 is 1.00 bits per heavy atom. The Kier molecular flexibility index (Phi) is 6.89. The Morgan fingerprint density at radius 2 is 1.55 bits per heavy atom. The van der Waals surface area contributed by atoms with Gasteiger partial charge in [0.25, 0.3) is 0 Å². The first-order valence-corrected chi connectivity index (χ1v) is 10.0. The number of para-hydroxylation sites is 1. The molecule has 9 heteroatoms. The van der Waals surface area contributed by atoms with Gasteiger partial charge in [-0.2, -0.15) is 5.10 Å². The number of piperazine rings is 1. The molecule has 156 valence electrons. The van der Waals surface area contributed by atoms with E-state index < -0.39 is 0 Å². The predicted octanol–water partition coefficient (Wildman–Crippen LogP) is 1.89. The summed E-state index contributed by atoms with van der Waals surface area (Å²) in [5, 5.41) is 10.7. The van der Waals surface area contributed by atoms with Crippen molar-refractivity contribution < 1.29 is 9.59 Å². The van der Waals surface area contributed by atoms with Crippen molar-refractivity contribution in [3.8, 4) is 0 Å². The minimum Gasteiger partial charge on any atom is -0.324 e. The van der Waals surface area contributed by atoms with Gasteiger partial charge in [0.15, 0.2) is 0 Å². The van der Waals surface area contributed by atoms with E-state index in [0.717, 1.165) is 43.3 Å². The number of halogens is 1. The lowest BCUT2D eigenvalue weighted by Crippen LogP contribution is -2.50. The molecule has 1 aliphatic heterocycles. The van der Waals surface area contributed by atoms with Crippen molar-refractivity contribution >= 4 is 34.8 Å². The summed E-state index contributed by atoms with van der Waals surface area (Å²) < 4.78 is 1.76. The van der Waals surface area contributed by atoms with Crippen molar-refractivity contribution in [1.82, 2.24) is 19.6 Å². The van der Waals surface area contributed by atoms with Crippen LogP contribution in [0.5, 0.6) is 0 Å². The van der Waals surface area contributed by atoms with Gasteiger partial charge in [-0.05, 0) is 26.0 Å². The van der Waals surface area contributed by atoms with E-state index >= 15 is 0 Å². The lowest BCUT2D eigenvalue weighted by atomic mass is 10.2. The zero-order chi connectivity index (χ0) is 21.0. The number of benzene rings is 1. The van der Waals surface area contributed by atoms with Crippen molar-refractivity contribution in [3.63, 3.8) is 0 Å². The average molecular weight is 419 g/mol. The molecule has 1 fully saturated rings. The van der Waals surface area contributed by atoms with Crippen molar-refractivity contribution in [2.24, 2.45) is 7.05 Å². The molecule has 0 aliphatic carbocycles. The number of rotatable bonds is 6. The monoisotopic (exact) mass is 418 g/mol. The van der Waals surface area contributed by atoms with E-state index in [2.05, 4.69) is 25.5 Å². The first-order valence-electron chi connectivity index (χ1n) is 9.62.